The topological polar surface area (TPSA) is 23.5 Å². The van der Waals surface area contributed by atoms with Crippen LogP contribution in [-0.2, 0) is 6.61 Å². The molecule has 0 bridgehead atoms. The average molecular weight is 207 g/mol. The van der Waals surface area contributed by atoms with Gasteiger partial charge in [0.05, 0.1) is 6.61 Å². The number of hydrogen-bond donors (Lipinski definition) is 1. The maximum absolute atomic E-state index is 8.94. The number of anilines is 1. The summed E-state index contributed by atoms with van der Waals surface area (Å²) in [5, 5.41) is 8.94. The summed E-state index contributed by atoms with van der Waals surface area (Å²) >= 11 is 0. The summed E-state index contributed by atoms with van der Waals surface area (Å²) in [6.07, 6.45) is 0. The van der Waals surface area contributed by atoms with Crippen LogP contribution >= 0.6 is 0 Å². The van der Waals surface area contributed by atoms with Crippen molar-refractivity contribution in [3.8, 4) is 0 Å². The highest BCUT2D eigenvalue weighted by Crippen LogP contribution is 2.20. The van der Waals surface area contributed by atoms with Gasteiger partial charge in [0.25, 0.3) is 0 Å². The van der Waals surface area contributed by atoms with Crippen molar-refractivity contribution in [1.29, 1.82) is 0 Å². The quantitative estimate of drug-likeness (QED) is 0.823. The molecule has 1 rings (SSSR count). The van der Waals surface area contributed by atoms with E-state index in [1.807, 2.05) is 12.1 Å². The minimum atomic E-state index is 0.114. The number of aliphatic hydroxyl groups excluding tert-OH is 1. The molecule has 1 aromatic carbocycles. The van der Waals surface area contributed by atoms with E-state index in [0.29, 0.717) is 5.41 Å². The summed E-state index contributed by atoms with van der Waals surface area (Å²) in [5.74, 6) is 0. The molecule has 0 unspecified atom stereocenters. The summed E-state index contributed by atoms with van der Waals surface area (Å²) in [5.41, 5.74) is 2.45. The molecule has 0 atom stereocenters. The number of rotatable bonds is 3. The molecule has 0 aromatic heterocycles. The first-order valence-corrected chi connectivity index (χ1v) is 5.33. The van der Waals surface area contributed by atoms with Crippen LogP contribution in [0.3, 0.4) is 0 Å². The van der Waals surface area contributed by atoms with Crippen LogP contribution < -0.4 is 4.90 Å². The fraction of sp³-hybridized carbons (Fsp3) is 0.538. The Kier molecular flexibility index (Phi) is 3.75. The zero-order valence-corrected chi connectivity index (χ0v) is 10.1. The molecular formula is C13H21NO. The fourth-order valence-corrected chi connectivity index (χ4v) is 1.66. The van der Waals surface area contributed by atoms with Gasteiger partial charge in [0.15, 0.2) is 0 Å². The van der Waals surface area contributed by atoms with Crippen molar-refractivity contribution in [2.24, 2.45) is 5.41 Å². The highest BCUT2D eigenvalue weighted by Gasteiger charge is 2.13. The van der Waals surface area contributed by atoms with Gasteiger partial charge in [-0.25, -0.2) is 0 Å². The highest BCUT2D eigenvalue weighted by molar-refractivity contribution is 5.46. The first kappa shape index (κ1) is 12.1. The van der Waals surface area contributed by atoms with Gasteiger partial charge < -0.3 is 10.0 Å². The Hall–Kier alpha value is -1.02. The third kappa shape index (κ3) is 3.92. The molecule has 15 heavy (non-hydrogen) atoms. The van der Waals surface area contributed by atoms with Gasteiger partial charge in [0.2, 0.25) is 0 Å². The van der Waals surface area contributed by atoms with Crippen molar-refractivity contribution in [2.75, 3.05) is 18.5 Å². The van der Waals surface area contributed by atoms with E-state index in [4.69, 9.17) is 5.11 Å². The van der Waals surface area contributed by atoms with E-state index in [2.05, 4.69) is 44.9 Å². The van der Waals surface area contributed by atoms with Gasteiger partial charge >= 0.3 is 0 Å². The van der Waals surface area contributed by atoms with Gasteiger partial charge in [-0.2, -0.15) is 0 Å². The van der Waals surface area contributed by atoms with E-state index in [9.17, 15) is 0 Å². The average Bonchev–Trinajstić information content (AvgIpc) is 2.15. The molecule has 84 valence electrons. The fourth-order valence-electron chi connectivity index (χ4n) is 1.66. The van der Waals surface area contributed by atoms with Crippen LogP contribution in [0, 0.1) is 5.41 Å². The maximum Gasteiger partial charge on any atom is 0.0681 e. The lowest BCUT2D eigenvalue weighted by Crippen LogP contribution is -2.28. The Morgan fingerprint density at radius 2 is 1.67 bits per heavy atom. The lowest BCUT2D eigenvalue weighted by Gasteiger charge is -2.28. The second-order valence-corrected chi connectivity index (χ2v) is 5.24. The largest absolute Gasteiger partial charge is 0.392 e. The van der Waals surface area contributed by atoms with Crippen molar-refractivity contribution >= 4 is 5.69 Å². The van der Waals surface area contributed by atoms with Gasteiger partial charge in [-0.1, -0.05) is 32.9 Å². The molecule has 1 N–H and O–H groups in total. The molecule has 2 nitrogen and oxygen atoms in total. The third-order valence-electron chi connectivity index (χ3n) is 2.27. The van der Waals surface area contributed by atoms with Gasteiger partial charge in [0.1, 0.15) is 0 Å². The van der Waals surface area contributed by atoms with Gasteiger partial charge in [0, 0.05) is 19.3 Å². The Morgan fingerprint density at radius 1 is 1.13 bits per heavy atom. The van der Waals surface area contributed by atoms with Crippen molar-refractivity contribution in [3.63, 3.8) is 0 Å². The molecule has 0 spiro atoms. The second kappa shape index (κ2) is 4.67. The Morgan fingerprint density at radius 3 is 2.07 bits per heavy atom. The van der Waals surface area contributed by atoms with E-state index in [0.717, 1.165) is 12.1 Å². The van der Waals surface area contributed by atoms with E-state index in [1.54, 1.807) is 0 Å². The smallest absolute Gasteiger partial charge is 0.0681 e. The molecule has 0 amide bonds. The van der Waals surface area contributed by atoms with Crippen LogP contribution in [0.1, 0.15) is 26.3 Å². The van der Waals surface area contributed by atoms with Crippen molar-refractivity contribution in [2.45, 2.75) is 27.4 Å². The zero-order chi connectivity index (χ0) is 11.5. The monoisotopic (exact) mass is 207 g/mol. The predicted octanol–water partition coefficient (Wildman–Crippen LogP) is 2.66. The molecule has 1 aromatic rings. The van der Waals surface area contributed by atoms with Crippen molar-refractivity contribution in [3.05, 3.63) is 29.8 Å². The molecule has 0 fully saturated rings. The van der Waals surface area contributed by atoms with Crippen LogP contribution in [0.5, 0.6) is 0 Å². The minimum absolute atomic E-state index is 0.114. The third-order valence-corrected chi connectivity index (χ3v) is 2.27. The maximum atomic E-state index is 8.94. The van der Waals surface area contributed by atoms with Crippen LogP contribution in [0.25, 0.3) is 0 Å². The first-order valence-electron chi connectivity index (χ1n) is 5.33. The highest BCUT2D eigenvalue weighted by atomic mass is 16.3. The minimum Gasteiger partial charge on any atom is -0.392 e. The molecule has 0 aliphatic carbocycles. The lowest BCUT2D eigenvalue weighted by atomic mass is 9.96. The first-order chi connectivity index (χ1) is 6.92. The molecule has 0 aliphatic rings. The molecule has 0 radical (unpaired) electrons. The summed E-state index contributed by atoms with van der Waals surface area (Å²) < 4.78 is 0. The van der Waals surface area contributed by atoms with E-state index >= 15 is 0 Å². The molecule has 0 heterocycles. The molecular weight excluding hydrogens is 186 g/mol. The van der Waals surface area contributed by atoms with Crippen LogP contribution in [-0.4, -0.2) is 18.7 Å². The number of hydrogen-bond acceptors (Lipinski definition) is 2. The van der Waals surface area contributed by atoms with E-state index < -0.39 is 0 Å². The Bertz CT molecular complexity index is 297. The molecule has 2 heteroatoms. The molecule has 0 aliphatic heterocycles. The normalized spacial score (nSPS) is 11.5. The van der Waals surface area contributed by atoms with Gasteiger partial charge in [-0.05, 0) is 23.1 Å². The van der Waals surface area contributed by atoms with Gasteiger partial charge in [-0.15, -0.1) is 0 Å². The standard InChI is InChI=1S/C13H21NO/c1-13(2,3)10-14(4)12-7-5-11(9-15)6-8-12/h5-8,15H,9-10H2,1-4H3. The Labute approximate surface area is 92.5 Å². The summed E-state index contributed by atoms with van der Waals surface area (Å²) in [7, 11) is 2.10. The summed E-state index contributed by atoms with van der Waals surface area (Å²) in [6.45, 7) is 7.82. The summed E-state index contributed by atoms with van der Waals surface area (Å²) in [6, 6.07) is 8.04. The number of aliphatic hydroxyl groups is 1. The van der Waals surface area contributed by atoms with Crippen molar-refractivity contribution < 1.29 is 5.11 Å². The Balaban J connectivity index is 2.70. The van der Waals surface area contributed by atoms with Crippen LogP contribution in [0.2, 0.25) is 0 Å². The number of nitrogens with zero attached hydrogens (tertiary/aromatic N) is 1. The van der Waals surface area contributed by atoms with E-state index in [-0.39, 0.29) is 6.61 Å². The molecule has 0 saturated carbocycles. The zero-order valence-electron chi connectivity index (χ0n) is 10.1. The second-order valence-electron chi connectivity index (χ2n) is 5.24. The predicted molar refractivity (Wildman–Crippen MR) is 65.1 cm³/mol. The van der Waals surface area contributed by atoms with Crippen LogP contribution in [0.15, 0.2) is 24.3 Å². The van der Waals surface area contributed by atoms with Crippen molar-refractivity contribution in [1.82, 2.24) is 0 Å². The summed E-state index contributed by atoms with van der Waals surface area (Å²) in [4.78, 5) is 2.24. The molecule has 0 saturated heterocycles. The van der Waals surface area contributed by atoms with E-state index in [1.165, 1.54) is 5.69 Å². The SMILES string of the molecule is CN(CC(C)(C)C)c1ccc(CO)cc1. The lowest BCUT2D eigenvalue weighted by molar-refractivity contribution is 0.282. The van der Waals surface area contributed by atoms with Crippen LogP contribution in [0.4, 0.5) is 5.69 Å². The number of benzene rings is 1. The van der Waals surface area contributed by atoms with Gasteiger partial charge in [-0.3, -0.25) is 0 Å².